The van der Waals surface area contributed by atoms with Crippen LogP contribution in [-0.4, -0.2) is 44.4 Å². The third-order valence-electron chi connectivity index (χ3n) is 5.22. The van der Waals surface area contributed by atoms with Crippen LogP contribution in [0.1, 0.15) is 46.0 Å². The molecule has 0 atom stereocenters. The van der Waals surface area contributed by atoms with Crippen molar-refractivity contribution in [2.45, 2.75) is 63.7 Å². The van der Waals surface area contributed by atoms with E-state index < -0.39 is 0 Å². The van der Waals surface area contributed by atoms with Gasteiger partial charge in [-0.05, 0) is 30.9 Å². The van der Waals surface area contributed by atoms with Gasteiger partial charge >= 0.3 is 0 Å². The van der Waals surface area contributed by atoms with Crippen LogP contribution in [0.25, 0.3) is 11.4 Å². The molecule has 1 saturated carbocycles. The Morgan fingerprint density at radius 3 is 2.64 bits per heavy atom. The minimum Gasteiger partial charge on any atom is -0.342 e. The van der Waals surface area contributed by atoms with Gasteiger partial charge in [-0.15, -0.1) is 10.2 Å². The van der Waals surface area contributed by atoms with Crippen molar-refractivity contribution in [2.24, 2.45) is 5.92 Å². The van der Waals surface area contributed by atoms with Gasteiger partial charge in [0, 0.05) is 19.6 Å². The predicted molar refractivity (Wildman–Crippen MR) is 111 cm³/mol. The molecule has 0 aliphatic heterocycles. The third kappa shape index (κ3) is 4.93. The van der Waals surface area contributed by atoms with Crippen molar-refractivity contribution in [3.63, 3.8) is 0 Å². The number of aromatic nitrogens is 3. The molecule has 0 unspecified atom stereocenters. The molecular weight excluding hydrogens is 375 g/mol. The SMILES string of the molecule is CC(C)Cn1c(SCC(=O)N(C)C2CCCCC2)nnc1-c1ccccc1F. The molecular formula is C21H29FN4OS. The summed E-state index contributed by atoms with van der Waals surface area (Å²) in [6.07, 6.45) is 5.85. The van der Waals surface area contributed by atoms with Gasteiger partial charge in [0.15, 0.2) is 11.0 Å². The summed E-state index contributed by atoms with van der Waals surface area (Å²) < 4.78 is 16.2. The van der Waals surface area contributed by atoms with Crippen molar-refractivity contribution in [1.82, 2.24) is 19.7 Å². The summed E-state index contributed by atoms with van der Waals surface area (Å²) in [5.74, 6) is 0.984. The lowest BCUT2D eigenvalue weighted by molar-refractivity contribution is -0.129. The molecule has 0 spiro atoms. The Kier molecular flexibility index (Phi) is 7.10. The van der Waals surface area contributed by atoms with Gasteiger partial charge in [-0.2, -0.15) is 0 Å². The fraction of sp³-hybridized carbons (Fsp3) is 0.571. The molecule has 0 radical (unpaired) electrons. The van der Waals surface area contributed by atoms with E-state index in [0.717, 1.165) is 12.8 Å². The molecule has 1 heterocycles. The maximum Gasteiger partial charge on any atom is 0.233 e. The predicted octanol–water partition coefficient (Wildman–Crippen LogP) is 4.62. The second kappa shape index (κ2) is 9.54. The van der Waals surface area contributed by atoms with Crippen molar-refractivity contribution >= 4 is 17.7 Å². The zero-order valence-electron chi connectivity index (χ0n) is 16.9. The number of halogens is 1. The number of amides is 1. The summed E-state index contributed by atoms with van der Waals surface area (Å²) in [5, 5.41) is 9.17. The van der Waals surface area contributed by atoms with Crippen LogP contribution in [0.5, 0.6) is 0 Å². The van der Waals surface area contributed by atoms with Crippen LogP contribution in [0.4, 0.5) is 4.39 Å². The number of hydrogen-bond donors (Lipinski definition) is 0. The van der Waals surface area contributed by atoms with Crippen molar-refractivity contribution in [3.8, 4) is 11.4 Å². The lowest BCUT2D eigenvalue weighted by Gasteiger charge is -2.31. The van der Waals surface area contributed by atoms with Gasteiger partial charge in [0.1, 0.15) is 5.82 Å². The van der Waals surface area contributed by atoms with E-state index in [4.69, 9.17) is 0 Å². The average Bonchev–Trinajstić information content (AvgIpc) is 3.08. The molecule has 0 bridgehead atoms. The maximum absolute atomic E-state index is 14.3. The molecule has 7 heteroatoms. The molecule has 1 fully saturated rings. The van der Waals surface area contributed by atoms with Crippen LogP contribution in [-0.2, 0) is 11.3 Å². The van der Waals surface area contributed by atoms with E-state index in [1.54, 1.807) is 18.2 Å². The van der Waals surface area contributed by atoms with Gasteiger partial charge in [0.05, 0.1) is 11.3 Å². The molecule has 2 aromatic rings. The molecule has 0 saturated heterocycles. The van der Waals surface area contributed by atoms with Gasteiger partial charge in [0.2, 0.25) is 5.91 Å². The molecule has 3 rings (SSSR count). The first-order chi connectivity index (χ1) is 13.5. The molecule has 1 aliphatic rings. The third-order valence-corrected chi connectivity index (χ3v) is 6.17. The van der Waals surface area contributed by atoms with Crippen LogP contribution in [0.2, 0.25) is 0 Å². The number of benzene rings is 1. The highest BCUT2D eigenvalue weighted by molar-refractivity contribution is 7.99. The smallest absolute Gasteiger partial charge is 0.233 e. The van der Waals surface area contributed by atoms with E-state index in [0.29, 0.717) is 40.8 Å². The summed E-state index contributed by atoms with van der Waals surface area (Å²) in [6.45, 7) is 4.87. The van der Waals surface area contributed by atoms with Gasteiger partial charge in [0.25, 0.3) is 0 Å². The number of carbonyl (C=O) groups excluding carboxylic acids is 1. The highest BCUT2D eigenvalue weighted by atomic mass is 32.2. The molecule has 5 nitrogen and oxygen atoms in total. The molecule has 152 valence electrons. The molecule has 1 aromatic carbocycles. The van der Waals surface area contributed by atoms with Gasteiger partial charge in [-0.25, -0.2) is 4.39 Å². The number of carbonyl (C=O) groups is 1. The fourth-order valence-corrected chi connectivity index (χ4v) is 4.54. The van der Waals surface area contributed by atoms with Crippen LogP contribution < -0.4 is 0 Å². The second-order valence-corrected chi connectivity index (χ2v) is 8.82. The van der Waals surface area contributed by atoms with E-state index in [9.17, 15) is 9.18 Å². The number of hydrogen-bond acceptors (Lipinski definition) is 4. The quantitative estimate of drug-likeness (QED) is 0.632. The van der Waals surface area contributed by atoms with Crippen molar-refractivity contribution in [1.29, 1.82) is 0 Å². The topological polar surface area (TPSA) is 51.0 Å². The van der Waals surface area contributed by atoms with E-state index in [2.05, 4.69) is 24.0 Å². The number of nitrogens with zero attached hydrogens (tertiary/aromatic N) is 4. The Bertz CT molecular complexity index is 801. The Balaban J connectivity index is 1.74. The van der Waals surface area contributed by atoms with Crippen molar-refractivity contribution in [2.75, 3.05) is 12.8 Å². The second-order valence-electron chi connectivity index (χ2n) is 7.88. The Morgan fingerprint density at radius 1 is 1.25 bits per heavy atom. The van der Waals surface area contributed by atoms with E-state index in [-0.39, 0.29) is 11.7 Å². The van der Waals surface area contributed by atoms with Crippen molar-refractivity contribution in [3.05, 3.63) is 30.1 Å². The van der Waals surface area contributed by atoms with E-state index >= 15 is 0 Å². The molecule has 0 N–H and O–H groups in total. The first-order valence-electron chi connectivity index (χ1n) is 10.0. The lowest BCUT2D eigenvalue weighted by Crippen LogP contribution is -2.39. The Labute approximate surface area is 170 Å². The van der Waals surface area contributed by atoms with Gasteiger partial charge < -0.3 is 9.47 Å². The van der Waals surface area contributed by atoms with Crippen LogP contribution >= 0.6 is 11.8 Å². The normalized spacial score (nSPS) is 15.2. The maximum atomic E-state index is 14.3. The summed E-state index contributed by atoms with van der Waals surface area (Å²) in [4.78, 5) is 14.6. The van der Waals surface area contributed by atoms with Gasteiger partial charge in [-0.3, -0.25) is 4.79 Å². The largest absolute Gasteiger partial charge is 0.342 e. The Hall–Kier alpha value is -1.89. The minimum atomic E-state index is -0.315. The minimum absolute atomic E-state index is 0.114. The van der Waals surface area contributed by atoms with E-state index in [1.165, 1.54) is 37.1 Å². The zero-order chi connectivity index (χ0) is 20.1. The van der Waals surface area contributed by atoms with Crippen LogP contribution in [0.15, 0.2) is 29.4 Å². The molecule has 1 aromatic heterocycles. The summed E-state index contributed by atoms with van der Waals surface area (Å²) in [7, 11) is 1.91. The summed E-state index contributed by atoms with van der Waals surface area (Å²) in [5.41, 5.74) is 0.438. The standard InChI is InChI=1S/C21H29FN4OS/c1-15(2)13-26-20(17-11-7-8-12-18(17)22)23-24-21(26)28-14-19(27)25(3)16-9-5-4-6-10-16/h7-8,11-12,15-16H,4-6,9-10,13-14H2,1-3H3. The van der Waals surface area contributed by atoms with E-state index in [1.807, 2.05) is 16.5 Å². The molecule has 1 amide bonds. The highest BCUT2D eigenvalue weighted by Crippen LogP contribution is 2.28. The number of rotatable bonds is 7. The van der Waals surface area contributed by atoms with Crippen molar-refractivity contribution < 1.29 is 9.18 Å². The van der Waals surface area contributed by atoms with Crippen LogP contribution in [0.3, 0.4) is 0 Å². The number of thioether (sulfide) groups is 1. The Morgan fingerprint density at radius 2 is 1.96 bits per heavy atom. The summed E-state index contributed by atoms with van der Waals surface area (Å²) in [6, 6.07) is 6.95. The highest BCUT2D eigenvalue weighted by Gasteiger charge is 2.23. The first kappa shape index (κ1) is 20.8. The summed E-state index contributed by atoms with van der Waals surface area (Å²) >= 11 is 1.39. The lowest BCUT2D eigenvalue weighted by atomic mass is 9.94. The fourth-order valence-electron chi connectivity index (χ4n) is 3.67. The first-order valence-corrected chi connectivity index (χ1v) is 11.0. The molecule has 1 aliphatic carbocycles. The monoisotopic (exact) mass is 404 g/mol. The molecule has 28 heavy (non-hydrogen) atoms. The van der Waals surface area contributed by atoms with Crippen LogP contribution in [0, 0.1) is 11.7 Å². The zero-order valence-corrected chi connectivity index (χ0v) is 17.7. The average molecular weight is 405 g/mol. The van der Waals surface area contributed by atoms with Gasteiger partial charge in [-0.1, -0.05) is 57.0 Å².